The maximum atomic E-state index is 6.52. The number of hydrogen-bond donors (Lipinski definition) is 0. The quantitative estimate of drug-likeness (QED) is 0.0954. The van der Waals surface area contributed by atoms with E-state index in [0.29, 0.717) is 0 Å². The highest BCUT2D eigenvalue weighted by Gasteiger charge is 2.28. The molecule has 150 heavy (non-hydrogen) atoms. The van der Waals surface area contributed by atoms with Crippen molar-refractivity contribution in [2.24, 2.45) is 0 Å². The molecule has 0 aliphatic rings. The van der Waals surface area contributed by atoms with Crippen LogP contribution in [0.25, 0.3) is 230 Å². The molecule has 0 bridgehead atoms. The van der Waals surface area contributed by atoms with Gasteiger partial charge in [0.25, 0.3) is 0 Å². The van der Waals surface area contributed by atoms with Crippen molar-refractivity contribution in [1.82, 2.24) is 0 Å². The molecule has 0 saturated heterocycles. The smallest absolute Gasteiger partial charge is 0.143 e. The van der Waals surface area contributed by atoms with Gasteiger partial charge in [-0.15, -0.1) is 0 Å². The molecule has 30 aromatic rings. The average molecular weight is 1910 g/mol. The fraction of sp³-hybridized carbons (Fsp3) is 0. The van der Waals surface area contributed by atoms with E-state index in [1.165, 1.54) is 131 Å². The van der Waals surface area contributed by atoms with Crippen molar-refractivity contribution < 1.29 is 13.3 Å². The number of hydrogen-bond acceptors (Lipinski definition) is 6. The molecule has 0 saturated carbocycles. The zero-order valence-electron chi connectivity index (χ0n) is 81.8. The molecule has 6 heteroatoms. The van der Waals surface area contributed by atoms with E-state index in [1.54, 1.807) is 0 Å². The minimum atomic E-state index is 0.896. The molecule has 3 heterocycles. The summed E-state index contributed by atoms with van der Waals surface area (Å²) in [4.78, 5) is 7.21. The topological polar surface area (TPSA) is 49.1 Å². The Labute approximate surface area is 866 Å². The molecule has 702 valence electrons. The van der Waals surface area contributed by atoms with Gasteiger partial charge in [-0.3, -0.25) is 0 Å². The average Bonchev–Trinajstić information content (AvgIpc) is 1.55. The number of benzene rings is 27. The second-order valence-corrected chi connectivity index (χ2v) is 38.7. The number of fused-ring (bicyclic) bond motifs is 24. The summed E-state index contributed by atoms with van der Waals surface area (Å²) < 4.78 is 19.5. The summed E-state index contributed by atoms with van der Waals surface area (Å²) in [5.74, 6) is 0. The Balaban J connectivity index is 0.000000108. The Bertz CT molecular complexity index is 10500. The van der Waals surface area contributed by atoms with Crippen molar-refractivity contribution in [3.05, 3.63) is 564 Å². The minimum Gasteiger partial charge on any atom is -0.455 e. The zero-order chi connectivity index (χ0) is 99.1. The summed E-state index contributed by atoms with van der Waals surface area (Å²) in [5.41, 5.74) is 29.6. The van der Waals surface area contributed by atoms with Gasteiger partial charge in [-0.2, -0.15) is 0 Å². The van der Waals surface area contributed by atoms with Crippen molar-refractivity contribution in [1.29, 1.82) is 0 Å². The van der Waals surface area contributed by atoms with Gasteiger partial charge in [-0.25, -0.2) is 0 Å². The maximum absolute atomic E-state index is 6.52. The Morgan fingerprint density at radius 3 is 0.840 bits per heavy atom. The third kappa shape index (κ3) is 15.6. The maximum Gasteiger partial charge on any atom is 0.143 e. The van der Waals surface area contributed by atoms with Crippen molar-refractivity contribution in [3.8, 4) is 66.8 Å². The van der Waals surface area contributed by atoms with E-state index < -0.39 is 0 Å². The van der Waals surface area contributed by atoms with Gasteiger partial charge in [0.15, 0.2) is 0 Å². The third-order valence-electron chi connectivity index (χ3n) is 30.1. The predicted octanol–water partition coefficient (Wildman–Crippen LogP) is 41.5. The van der Waals surface area contributed by atoms with Crippen LogP contribution in [0.3, 0.4) is 0 Å². The SMILES string of the molecule is c1ccc(-c2ccc(N(c3ccc(-c4cc5ccccc5c5ccccc45)cc3)c3cc4c5ccccc5oc4c4ccccc34)cc2)cc1.c1ccc(-c2cccc(N(c3ccc(-c4ccc5c(ccc6ccccc65)c4)cc3)c3cc4c5ccccc5oc4c4ccccc34)c2)cc1.c1ccc(-c2ccccc2N(c2ccc(-c3cc4ccccc4c4ccccc34)cc2)c2cc3c4ccccc4oc3c3ccccc23)cc1. The van der Waals surface area contributed by atoms with E-state index in [1.807, 2.05) is 18.2 Å². The Morgan fingerprint density at radius 1 is 0.113 bits per heavy atom. The Hall–Kier alpha value is -19.9. The zero-order valence-corrected chi connectivity index (χ0v) is 81.8. The second kappa shape index (κ2) is 37.4. The van der Waals surface area contributed by atoms with Crippen LogP contribution in [0.2, 0.25) is 0 Å². The van der Waals surface area contributed by atoms with E-state index in [0.717, 1.165) is 149 Å². The molecule has 0 amide bonds. The van der Waals surface area contributed by atoms with Crippen LogP contribution in [0.4, 0.5) is 51.2 Å². The summed E-state index contributed by atoms with van der Waals surface area (Å²) in [6.45, 7) is 0. The van der Waals surface area contributed by atoms with Gasteiger partial charge in [-0.1, -0.05) is 443 Å². The van der Waals surface area contributed by atoms with Gasteiger partial charge >= 0.3 is 0 Å². The van der Waals surface area contributed by atoms with Crippen molar-refractivity contribution in [2.75, 3.05) is 14.7 Å². The first-order chi connectivity index (χ1) is 74.4. The van der Waals surface area contributed by atoms with Crippen LogP contribution in [-0.4, -0.2) is 0 Å². The lowest BCUT2D eigenvalue weighted by Gasteiger charge is -2.29. The Kier molecular flexibility index (Phi) is 21.9. The molecule has 0 aliphatic carbocycles. The minimum absolute atomic E-state index is 0.896. The lowest BCUT2D eigenvalue weighted by Crippen LogP contribution is -2.12. The van der Waals surface area contributed by atoms with Crippen LogP contribution in [0, 0.1) is 0 Å². The standard InChI is InChI=1S/3C48H31NO/c1-2-14-32(15-3-1)37-18-10-12-24-45(37)49(46-31-44-41-22-11-13-25-47(41)50-48(44)42-23-9-8-21-40(42)46)35-28-26-33(27-29-35)43-30-34-16-4-5-17-36(34)38-19-6-7-20-39(38)43;1-2-12-32(13-3-1)33-22-26-36(27-23-33)49(46-31-45-42-19-10-11-21-47(42)50-48(45)43-20-9-8-18-41(43)46)37-28-24-34(25-29-37)44-30-35-14-4-5-15-38(35)39-16-6-7-17-40(39)44;1-2-11-32(12-3-1)35-14-10-15-39(30-35)49(46-31-45-43-18-8-9-20-47(43)50-48(45)44-19-7-6-17-42(44)46)38-26-23-33(24-27-38)36-25-28-41-37(29-36)22-21-34-13-4-5-16-40(34)41/h3*1-31H. The van der Waals surface area contributed by atoms with Gasteiger partial charge in [0.1, 0.15) is 33.5 Å². The normalized spacial score (nSPS) is 11.6. The van der Waals surface area contributed by atoms with Gasteiger partial charge in [0.05, 0.1) is 22.7 Å². The Morgan fingerprint density at radius 2 is 0.387 bits per heavy atom. The molecule has 30 rings (SSSR count). The first-order valence-corrected chi connectivity index (χ1v) is 51.3. The van der Waals surface area contributed by atoms with E-state index >= 15 is 0 Å². The summed E-state index contributed by atoms with van der Waals surface area (Å²) in [7, 11) is 0. The van der Waals surface area contributed by atoms with E-state index in [9.17, 15) is 0 Å². The third-order valence-corrected chi connectivity index (χ3v) is 30.1. The van der Waals surface area contributed by atoms with Crippen molar-refractivity contribution >= 4 is 214 Å². The molecule has 0 fully saturated rings. The second-order valence-electron chi connectivity index (χ2n) is 38.7. The molecule has 0 aliphatic heterocycles. The summed E-state index contributed by atoms with van der Waals surface area (Å²) in [6, 6.07) is 203. The van der Waals surface area contributed by atoms with Gasteiger partial charge in [0.2, 0.25) is 0 Å². The van der Waals surface area contributed by atoms with Crippen LogP contribution in [0.15, 0.2) is 577 Å². The van der Waals surface area contributed by atoms with E-state index in [2.05, 4.69) is 561 Å². The van der Waals surface area contributed by atoms with Crippen LogP contribution >= 0.6 is 0 Å². The summed E-state index contributed by atoms with van der Waals surface area (Å²) in [5, 5.41) is 28.6. The highest BCUT2D eigenvalue weighted by molar-refractivity contribution is 6.24. The van der Waals surface area contributed by atoms with Gasteiger partial charge in [-0.05, 0) is 247 Å². The highest BCUT2D eigenvalue weighted by Crippen LogP contribution is 2.53. The molecular formula is C144H93N3O3. The molecule has 0 spiro atoms. The monoisotopic (exact) mass is 1910 g/mol. The molecule has 6 nitrogen and oxygen atoms in total. The number of rotatable bonds is 15. The number of furan rings is 3. The molecule has 0 unspecified atom stereocenters. The lowest BCUT2D eigenvalue weighted by molar-refractivity contribution is 0.672. The van der Waals surface area contributed by atoms with Crippen LogP contribution in [-0.2, 0) is 0 Å². The number of anilines is 9. The van der Waals surface area contributed by atoms with Crippen LogP contribution < -0.4 is 14.7 Å². The highest BCUT2D eigenvalue weighted by atomic mass is 16.3. The molecule has 27 aromatic carbocycles. The first kappa shape index (κ1) is 87.8. The van der Waals surface area contributed by atoms with Crippen molar-refractivity contribution in [2.45, 2.75) is 0 Å². The molecule has 0 atom stereocenters. The fourth-order valence-electron chi connectivity index (χ4n) is 23.0. The van der Waals surface area contributed by atoms with Gasteiger partial charge in [0, 0.05) is 98.6 Å². The van der Waals surface area contributed by atoms with E-state index in [-0.39, 0.29) is 0 Å². The first-order valence-electron chi connectivity index (χ1n) is 51.3. The van der Waals surface area contributed by atoms with Crippen LogP contribution in [0.5, 0.6) is 0 Å². The lowest BCUT2D eigenvalue weighted by atomic mass is 9.93. The van der Waals surface area contributed by atoms with Crippen molar-refractivity contribution in [3.63, 3.8) is 0 Å². The van der Waals surface area contributed by atoms with Crippen LogP contribution in [0.1, 0.15) is 0 Å². The molecule has 0 radical (unpaired) electrons. The fourth-order valence-corrected chi connectivity index (χ4v) is 23.0. The molecule has 3 aromatic heterocycles. The van der Waals surface area contributed by atoms with Gasteiger partial charge < -0.3 is 28.0 Å². The number of nitrogens with zero attached hydrogens (tertiary/aromatic N) is 3. The summed E-state index contributed by atoms with van der Waals surface area (Å²) >= 11 is 0. The predicted molar refractivity (Wildman–Crippen MR) is 635 cm³/mol. The summed E-state index contributed by atoms with van der Waals surface area (Å²) in [6.07, 6.45) is 0. The molecular weight excluding hydrogens is 1820 g/mol. The largest absolute Gasteiger partial charge is 0.455 e. The van der Waals surface area contributed by atoms with E-state index in [4.69, 9.17) is 13.3 Å². The molecule has 0 N–H and O–H groups in total. The number of para-hydroxylation sites is 4.